The molecule has 20 heavy (non-hydrogen) atoms. The summed E-state index contributed by atoms with van der Waals surface area (Å²) in [6.07, 6.45) is 1.12. The van der Waals surface area contributed by atoms with Crippen LogP contribution < -0.4 is 4.31 Å². The van der Waals surface area contributed by atoms with E-state index in [1.807, 2.05) is 26.8 Å². The summed E-state index contributed by atoms with van der Waals surface area (Å²) in [5.74, 6) is -0.193. The Balaban J connectivity index is 3.07. The predicted molar refractivity (Wildman–Crippen MR) is 81.3 cm³/mol. The lowest BCUT2D eigenvalue weighted by Crippen LogP contribution is -2.42. The zero-order valence-electron chi connectivity index (χ0n) is 12.5. The Morgan fingerprint density at radius 1 is 1.20 bits per heavy atom. The second-order valence-electron chi connectivity index (χ2n) is 4.67. The van der Waals surface area contributed by atoms with E-state index in [1.54, 1.807) is 23.1 Å². The van der Waals surface area contributed by atoms with Gasteiger partial charge in [-0.25, -0.2) is 8.42 Å². The molecule has 0 saturated heterocycles. The molecule has 0 fully saturated rings. The van der Waals surface area contributed by atoms with Gasteiger partial charge in [0.1, 0.15) is 6.54 Å². The number of carbonyl (C=O) groups excluding carboxylic acids is 1. The largest absolute Gasteiger partial charge is 0.342 e. The SMILES string of the molecule is CCN(CC)C(=O)CN(c1cccc(C)c1)S(C)(=O)=O. The van der Waals surface area contributed by atoms with Crippen LogP contribution in [0.1, 0.15) is 19.4 Å². The highest BCUT2D eigenvalue weighted by molar-refractivity contribution is 7.92. The number of hydrogen-bond donors (Lipinski definition) is 0. The maximum absolute atomic E-state index is 12.1. The van der Waals surface area contributed by atoms with Crippen molar-refractivity contribution in [2.24, 2.45) is 0 Å². The van der Waals surface area contributed by atoms with Gasteiger partial charge < -0.3 is 4.90 Å². The number of hydrogen-bond acceptors (Lipinski definition) is 3. The number of anilines is 1. The summed E-state index contributed by atoms with van der Waals surface area (Å²) in [7, 11) is -3.49. The Labute approximate surface area is 121 Å². The van der Waals surface area contributed by atoms with E-state index in [0.29, 0.717) is 18.8 Å². The molecule has 5 nitrogen and oxygen atoms in total. The van der Waals surface area contributed by atoms with Crippen LogP contribution in [0, 0.1) is 6.92 Å². The molecule has 0 bridgehead atoms. The van der Waals surface area contributed by atoms with E-state index >= 15 is 0 Å². The fraction of sp³-hybridized carbons (Fsp3) is 0.500. The van der Waals surface area contributed by atoms with E-state index in [2.05, 4.69) is 0 Å². The number of benzene rings is 1. The molecule has 0 radical (unpaired) electrons. The standard InChI is InChI=1S/C14H22N2O3S/c1-5-15(6-2)14(17)11-16(20(4,18)19)13-9-7-8-12(3)10-13/h7-10H,5-6,11H2,1-4H3. The molecule has 0 saturated carbocycles. The summed E-state index contributed by atoms with van der Waals surface area (Å²) in [4.78, 5) is 13.8. The average molecular weight is 298 g/mol. The summed E-state index contributed by atoms with van der Waals surface area (Å²) < 4.78 is 25.0. The molecule has 0 unspecified atom stereocenters. The van der Waals surface area contributed by atoms with Crippen molar-refractivity contribution in [1.29, 1.82) is 0 Å². The number of likely N-dealkylation sites (N-methyl/N-ethyl adjacent to an activating group) is 1. The number of rotatable bonds is 6. The van der Waals surface area contributed by atoms with Gasteiger partial charge in [-0.2, -0.15) is 0 Å². The third kappa shape index (κ3) is 4.23. The summed E-state index contributed by atoms with van der Waals surface area (Å²) >= 11 is 0. The first-order valence-corrected chi connectivity index (χ1v) is 8.46. The lowest BCUT2D eigenvalue weighted by Gasteiger charge is -2.26. The van der Waals surface area contributed by atoms with E-state index in [0.717, 1.165) is 16.1 Å². The number of sulfonamides is 1. The molecular formula is C14H22N2O3S. The van der Waals surface area contributed by atoms with Gasteiger partial charge >= 0.3 is 0 Å². The maximum Gasteiger partial charge on any atom is 0.243 e. The molecule has 1 aromatic carbocycles. The molecule has 0 spiro atoms. The maximum atomic E-state index is 12.1. The van der Waals surface area contributed by atoms with Crippen LogP contribution in [0.5, 0.6) is 0 Å². The van der Waals surface area contributed by atoms with Crippen molar-refractivity contribution < 1.29 is 13.2 Å². The van der Waals surface area contributed by atoms with Gasteiger partial charge in [-0.05, 0) is 38.5 Å². The van der Waals surface area contributed by atoms with Crippen LogP contribution in [0.25, 0.3) is 0 Å². The first-order chi connectivity index (χ1) is 9.29. The Hall–Kier alpha value is -1.56. The molecule has 6 heteroatoms. The van der Waals surface area contributed by atoms with Gasteiger partial charge in [-0.15, -0.1) is 0 Å². The molecule has 0 aliphatic rings. The van der Waals surface area contributed by atoms with Crippen LogP contribution in [0.2, 0.25) is 0 Å². The normalized spacial score (nSPS) is 11.2. The van der Waals surface area contributed by atoms with Gasteiger partial charge in [0.05, 0.1) is 11.9 Å². The topological polar surface area (TPSA) is 57.7 Å². The Morgan fingerprint density at radius 3 is 2.25 bits per heavy atom. The quantitative estimate of drug-likeness (QED) is 0.802. The van der Waals surface area contributed by atoms with Crippen molar-refractivity contribution in [2.75, 3.05) is 30.2 Å². The zero-order chi connectivity index (χ0) is 15.3. The van der Waals surface area contributed by atoms with E-state index in [4.69, 9.17) is 0 Å². The lowest BCUT2D eigenvalue weighted by atomic mass is 10.2. The van der Waals surface area contributed by atoms with Crippen molar-refractivity contribution in [2.45, 2.75) is 20.8 Å². The van der Waals surface area contributed by atoms with E-state index in [9.17, 15) is 13.2 Å². The van der Waals surface area contributed by atoms with Gasteiger partial charge in [0.15, 0.2) is 0 Å². The molecule has 1 rings (SSSR count). The smallest absolute Gasteiger partial charge is 0.243 e. The minimum atomic E-state index is -3.49. The monoisotopic (exact) mass is 298 g/mol. The van der Waals surface area contributed by atoms with Gasteiger partial charge in [0, 0.05) is 13.1 Å². The summed E-state index contributed by atoms with van der Waals surface area (Å²) in [6.45, 7) is 6.61. The van der Waals surface area contributed by atoms with Crippen LogP contribution in [-0.2, 0) is 14.8 Å². The Morgan fingerprint density at radius 2 is 1.80 bits per heavy atom. The van der Waals surface area contributed by atoms with Crippen LogP contribution in [-0.4, -0.2) is 45.1 Å². The van der Waals surface area contributed by atoms with Crippen molar-refractivity contribution in [3.05, 3.63) is 29.8 Å². The van der Waals surface area contributed by atoms with Crippen molar-refractivity contribution in [3.63, 3.8) is 0 Å². The molecule has 0 aromatic heterocycles. The molecular weight excluding hydrogens is 276 g/mol. The van der Waals surface area contributed by atoms with Gasteiger partial charge in [0.2, 0.25) is 15.9 Å². The lowest BCUT2D eigenvalue weighted by molar-refractivity contribution is -0.129. The van der Waals surface area contributed by atoms with Crippen molar-refractivity contribution >= 4 is 21.6 Å². The molecule has 0 heterocycles. The third-order valence-electron chi connectivity index (χ3n) is 3.08. The number of carbonyl (C=O) groups is 1. The second kappa shape index (κ2) is 6.74. The molecule has 0 N–H and O–H groups in total. The number of nitrogens with zero attached hydrogens (tertiary/aromatic N) is 2. The molecule has 0 aliphatic carbocycles. The molecule has 1 aromatic rings. The van der Waals surface area contributed by atoms with E-state index < -0.39 is 10.0 Å². The fourth-order valence-corrected chi connectivity index (χ4v) is 2.82. The fourth-order valence-electron chi connectivity index (χ4n) is 1.98. The summed E-state index contributed by atoms with van der Waals surface area (Å²) in [5.41, 5.74) is 1.47. The highest BCUT2D eigenvalue weighted by Gasteiger charge is 2.22. The zero-order valence-corrected chi connectivity index (χ0v) is 13.3. The van der Waals surface area contributed by atoms with Gasteiger partial charge in [0.25, 0.3) is 0 Å². The average Bonchev–Trinajstić information content (AvgIpc) is 2.36. The third-order valence-corrected chi connectivity index (χ3v) is 4.23. The molecule has 112 valence electrons. The second-order valence-corrected chi connectivity index (χ2v) is 6.58. The Bertz CT molecular complexity index is 566. The molecule has 0 aliphatic heterocycles. The van der Waals surface area contributed by atoms with Crippen molar-refractivity contribution in [1.82, 2.24) is 4.90 Å². The van der Waals surface area contributed by atoms with Crippen LogP contribution in [0.4, 0.5) is 5.69 Å². The van der Waals surface area contributed by atoms with Crippen LogP contribution in [0.15, 0.2) is 24.3 Å². The highest BCUT2D eigenvalue weighted by Crippen LogP contribution is 2.18. The molecule has 0 atom stereocenters. The summed E-state index contributed by atoms with van der Waals surface area (Å²) in [6, 6.07) is 7.13. The Kier molecular flexibility index (Phi) is 5.56. The number of aryl methyl sites for hydroxylation is 1. The first-order valence-electron chi connectivity index (χ1n) is 6.61. The van der Waals surface area contributed by atoms with Crippen LogP contribution >= 0.6 is 0 Å². The van der Waals surface area contributed by atoms with E-state index in [-0.39, 0.29) is 12.5 Å². The minimum absolute atomic E-state index is 0.163. The highest BCUT2D eigenvalue weighted by atomic mass is 32.2. The van der Waals surface area contributed by atoms with E-state index in [1.165, 1.54) is 0 Å². The van der Waals surface area contributed by atoms with Gasteiger partial charge in [-0.3, -0.25) is 9.10 Å². The van der Waals surface area contributed by atoms with Crippen molar-refractivity contribution in [3.8, 4) is 0 Å². The molecule has 1 amide bonds. The summed E-state index contributed by atoms with van der Waals surface area (Å²) in [5, 5.41) is 0. The first kappa shape index (κ1) is 16.5. The predicted octanol–water partition coefficient (Wildman–Crippen LogP) is 1.63. The minimum Gasteiger partial charge on any atom is -0.342 e. The van der Waals surface area contributed by atoms with Crippen LogP contribution in [0.3, 0.4) is 0 Å². The van der Waals surface area contributed by atoms with Gasteiger partial charge in [-0.1, -0.05) is 12.1 Å². The number of amides is 1.